The Hall–Kier alpha value is -1.88. The lowest BCUT2D eigenvalue weighted by Crippen LogP contribution is -2.46. The molecule has 2 fully saturated rings. The molecule has 4 unspecified atom stereocenters. The molecule has 1 saturated carbocycles. The van der Waals surface area contributed by atoms with Crippen molar-refractivity contribution in [3.8, 4) is 0 Å². The maximum atomic E-state index is 13.1. The fourth-order valence-corrected chi connectivity index (χ4v) is 4.95. The van der Waals surface area contributed by atoms with E-state index in [4.69, 9.17) is 4.74 Å². The number of benzene rings is 1. The Labute approximate surface area is 148 Å². The first-order chi connectivity index (χ1) is 12.1. The maximum absolute atomic E-state index is 13.1. The number of likely N-dealkylation sites (tertiary alicyclic amines) is 1. The number of carbonyl (C=O) groups excluding carboxylic acids is 1. The van der Waals surface area contributed by atoms with Crippen LogP contribution >= 0.6 is 0 Å². The van der Waals surface area contributed by atoms with Gasteiger partial charge in [0.25, 0.3) is 0 Å². The highest BCUT2D eigenvalue weighted by Crippen LogP contribution is 2.41. The van der Waals surface area contributed by atoms with Crippen molar-refractivity contribution in [3.05, 3.63) is 35.4 Å². The Morgan fingerprint density at radius 1 is 1.20 bits per heavy atom. The number of hydrogen-bond acceptors (Lipinski definition) is 3. The van der Waals surface area contributed by atoms with Crippen LogP contribution in [0.25, 0.3) is 0 Å². The minimum Gasteiger partial charge on any atom is -0.480 e. The summed E-state index contributed by atoms with van der Waals surface area (Å²) in [6, 6.07) is 7.52. The van der Waals surface area contributed by atoms with E-state index in [-0.39, 0.29) is 24.5 Å². The summed E-state index contributed by atoms with van der Waals surface area (Å²) in [4.78, 5) is 26.5. The summed E-state index contributed by atoms with van der Waals surface area (Å²) >= 11 is 0. The van der Waals surface area contributed by atoms with Gasteiger partial charge in [-0.3, -0.25) is 4.79 Å². The third-order valence-corrected chi connectivity index (χ3v) is 6.11. The van der Waals surface area contributed by atoms with Gasteiger partial charge in [0.2, 0.25) is 5.91 Å². The highest BCUT2D eigenvalue weighted by Gasteiger charge is 2.47. The Kier molecular flexibility index (Phi) is 4.50. The van der Waals surface area contributed by atoms with Crippen molar-refractivity contribution in [3.63, 3.8) is 0 Å². The molecular weight excluding hydrogens is 318 g/mol. The quantitative estimate of drug-likeness (QED) is 0.916. The molecule has 1 saturated heterocycles. The van der Waals surface area contributed by atoms with Crippen LogP contribution in [0.15, 0.2) is 24.3 Å². The van der Waals surface area contributed by atoms with Gasteiger partial charge in [-0.2, -0.15) is 0 Å². The topological polar surface area (TPSA) is 66.8 Å². The fraction of sp³-hybridized carbons (Fsp3) is 0.600. The Morgan fingerprint density at radius 3 is 2.84 bits per heavy atom. The molecule has 1 aromatic rings. The molecule has 5 heteroatoms. The van der Waals surface area contributed by atoms with E-state index in [0.717, 1.165) is 37.7 Å². The Bertz CT molecular complexity index is 673. The van der Waals surface area contributed by atoms with E-state index in [9.17, 15) is 14.7 Å². The van der Waals surface area contributed by atoms with Gasteiger partial charge in [0.05, 0.1) is 19.1 Å². The van der Waals surface area contributed by atoms with Gasteiger partial charge in [0.15, 0.2) is 0 Å². The van der Waals surface area contributed by atoms with Crippen LogP contribution < -0.4 is 0 Å². The molecule has 1 N–H and O–H groups in total. The standard InChI is InChI=1S/C20H25NO4/c22-19(12-18-15-7-3-1-5-13(15)9-10-25-18)21-16-8-4-2-6-14(16)11-17(21)20(23)24/h1,3,5,7,14,16-18H,2,4,6,8-12H2,(H,23,24). The summed E-state index contributed by atoms with van der Waals surface area (Å²) in [5.74, 6) is -0.588. The first kappa shape index (κ1) is 16.6. The molecule has 2 heterocycles. The molecule has 134 valence electrons. The zero-order chi connectivity index (χ0) is 17.4. The summed E-state index contributed by atoms with van der Waals surface area (Å²) in [5, 5.41) is 9.62. The van der Waals surface area contributed by atoms with E-state index in [0.29, 0.717) is 18.9 Å². The lowest BCUT2D eigenvalue weighted by molar-refractivity contribution is -0.151. The molecule has 0 aromatic heterocycles. The average molecular weight is 343 g/mol. The van der Waals surface area contributed by atoms with Crippen molar-refractivity contribution in [1.29, 1.82) is 0 Å². The number of amides is 1. The monoisotopic (exact) mass is 343 g/mol. The van der Waals surface area contributed by atoms with E-state index < -0.39 is 12.0 Å². The number of carboxylic acid groups (broad SMARTS) is 1. The van der Waals surface area contributed by atoms with Crippen LogP contribution in [-0.2, 0) is 20.7 Å². The minimum absolute atomic E-state index is 0.0662. The van der Waals surface area contributed by atoms with E-state index in [1.54, 1.807) is 4.90 Å². The molecule has 0 radical (unpaired) electrons. The second kappa shape index (κ2) is 6.79. The van der Waals surface area contributed by atoms with E-state index in [1.165, 1.54) is 5.56 Å². The number of ether oxygens (including phenoxy) is 1. The van der Waals surface area contributed by atoms with Gasteiger partial charge in [0.1, 0.15) is 6.04 Å². The number of carbonyl (C=O) groups is 2. The van der Waals surface area contributed by atoms with Crippen LogP contribution in [0.1, 0.15) is 55.8 Å². The molecule has 4 atom stereocenters. The maximum Gasteiger partial charge on any atom is 0.326 e. The van der Waals surface area contributed by atoms with Crippen LogP contribution in [0.5, 0.6) is 0 Å². The largest absolute Gasteiger partial charge is 0.480 e. The lowest BCUT2D eigenvalue weighted by atomic mass is 9.84. The van der Waals surface area contributed by atoms with Crippen LogP contribution in [0, 0.1) is 5.92 Å². The molecular formula is C20H25NO4. The number of hydrogen-bond donors (Lipinski definition) is 1. The highest BCUT2D eigenvalue weighted by molar-refractivity contribution is 5.85. The Morgan fingerprint density at radius 2 is 2.00 bits per heavy atom. The van der Waals surface area contributed by atoms with E-state index >= 15 is 0 Å². The average Bonchev–Trinajstić information content (AvgIpc) is 3.02. The van der Waals surface area contributed by atoms with Gasteiger partial charge in [-0.1, -0.05) is 37.1 Å². The number of rotatable bonds is 3. The zero-order valence-electron chi connectivity index (χ0n) is 14.4. The summed E-state index contributed by atoms with van der Waals surface area (Å²) in [6.45, 7) is 0.614. The van der Waals surface area contributed by atoms with Crippen LogP contribution in [0.3, 0.4) is 0 Å². The molecule has 5 nitrogen and oxygen atoms in total. The molecule has 0 bridgehead atoms. The van der Waals surface area contributed by atoms with Crippen molar-refractivity contribution >= 4 is 11.9 Å². The predicted octanol–water partition coefficient (Wildman–Crippen LogP) is 2.93. The molecule has 0 spiro atoms. The van der Waals surface area contributed by atoms with Crippen LogP contribution in [0.2, 0.25) is 0 Å². The molecule has 4 rings (SSSR count). The lowest BCUT2D eigenvalue weighted by Gasteiger charge is -2.34. The summed E-state index contributed by atoms with van der Waals surface area (Å²) in [6.07, 6.45) is 5.66. The van der Waals surface area contributed by atoms with Gasteiger partial charge in [-0.25, -0.2) is 4.79 Å². The van der Waals surface area contributed by atoms with Crippen LogP contribution in [-0.4, -0.2) is 40.6 Å². The second-order valence-electron chi connectivity index (χ2n) is 7.52. The number of aliphatic carboxylic acids is 1. The van der Waals surface area contributed by atoms with Gasteiger partial charge in [-0.05, 0) is 42.7 Å². The Balaban J connectivity index is 1.54. The molecule has 25 heavy (non-hydrogen) atoms. The van der Waals surface area contributed by atoms with Crippen molar-refractivity contribution in [1.82, 2.24) is 4.90 Å². The first-order valence-electron chi connectivity index (χ1n) is 9.38. The third kappa shape index (κ3) is 3.06. The minimum atomic E-state index is -0.868. The first-order valence-corrected chi connectivity index (χ1v) is 9.38. The van der Waals surface area contributed by atoms with E-state index in [2.05, 4.69) is 6.07 Å². The van der Waals surface area contributed by atoms with Crippen molar-refractivity contribution in [2.24, 2.45) is 5.92 Å². The molecule has 3 aliphatic rings. The van der Waals surface area contributed by atoms with Crippen molar-refractivity contribution in [2.75, 3.05) is 6.61 Å². The highest BCUT2D eigenvalue weighted by atomic mass is 16.5. The molecule has 1 aromatic carbocycles. The van der Waals surface area contributed by atoms with Crippen LogP contribution in [0.4, 0.5) is 0 Å². The van der Waals surface area contributed by atoms with Gasteiger partial charge in [-0.15, -0.1) is 0 Å². The predicted molar refractivity (Wildman–Crippen MR) is 92.1 cm³/mol. The summed E-state index contributed by atoms with van der Waals surface area (Å²) in [7, 11) is 0. The summed E-state index contributed by atoms with van der Waals surface area (Å²) in [5.41, 5.74) is 2.31. The fourth-order valence-electron chi connectivity index (χ4n) is 4.95. The number of carboxylic acids is 1. The van der Waals surface area contributed by atoms with E-state index in [1.807, 2.05) is 18.2 Å². The van der Waals surface area contributed by atoms with Gasteiger partial charge >= 0.3 is 5.97 Å². The normalized spacial score (nSPS) is 31.3. The number of nitrogens with zero attached hydrogens (tertiary/aromatic N) is 1. The number of fused-ring (bicyclic) bond motifs is 2. The molecule has 2 aliphatic heterocycles. The zero-order valence-corrected chi connectivity index (χ0v) is 14.4. The van der Waals surface area contributed by atoms with Crippen molar-refractivity contribution in [2.45, 2.75) is 63.1 Å². The van der Waals surface area contributed by atoms with Gasteiger partial charge < -0.3 is 14.7 Å². The van der Waals surface area contributed by atoms with Gasteiger partial charge in [0, 0.05) is 6.04 Å². The van der Waals surface area contributed by atoms with Crippen molar-refractivity contribution < 1.29 is 19.4 Å². The SMILES string of the molecule is O=C(O)C1CC2CCCCC2N1C(=O)CC1OCCc2ccccc21. The smallest absolute Gasteiger partial charge is 0.326 e. The second-order valence-corrected chi connectivity index (χ2v) is 7.52. The summed E-state index contributed by atoms with van der Waals surface area (Å²) < 4.78 is 5.87. The molecule has 1 aliphatic carbocycles. The molecule has 1 amide bonds. The third-order valence-electron chi connectivity index (χ3n) is 6.11.